The summed E-state index contributed by atoms with van der Waals surface area (Å²) >= 11 is 1.34. The van der Waals surface area contributed by atoms with Gasteiger partial charge in [-0.2, -0.15) is 0 Å². The summed E-state index contributed by atoms with van der Waals surface area (Å²) in [7, 11) is -3.73. The SMILES string of the molecule is CCOc1ccc2nc(NC(=O)c3ccc(S(=O)(=O)NCc4ccco4)cc3)sc2c1. The van der Waals surface area contributed by atoms with E-state index in [1.54, 1.807) is 12.1 Å². The van der Waals surface area contributed by atoms with Crippen molar-refractivity contribution in [1.29, 1.82) is 0 Å². The highest BCUT2D eigenvalue weighted by Gasteiger charge is 2.16. The van der Waals surface area contributed by atoms with Crippen molar-refractivity contribution in [2.45, 2.75) is 18.4 Å². The molecule has 0 aliphatic heterocycles. The van der Waals surface area contributed by atoms with Crippen molar-refractivity contribution in [3.05, 3.63) is 72.2 Å². The van der Waals surface area contributed by atoms with Crippen LogP contribution in [0.1, 0.15) is 23.0 Å². The Hall–Kier alpha value is -3.21. The molecule has 0 unspecified atom stereocenters. The smallest absolute Gasteiger partial charge is 0.257 e. The Kier molecular flexibility index (Phi) is 6.03. The van der Waals surface area contributed by atoms with Gasteiger partial charge in [0.05, 0.1) is 34.5 Å². The van der Waals surface area contributed by atoms with Gasteiger partial charge in [0, 0.05) is 5.56 Å². The van der Waals surface area contributed by atoms with Gasteiger partial charge >= 0.3 is 0 Å². The molecule has 2 N–H and O–H groups in total. The molecule has 2 aromatic heterocycles. The van der Waals surface area contributed by atoms with Crippen LogP contribution in [0.5, 0.6) is 5.75 Å². The first-order valence-electron chi connectivity index (χ1n) is 9.41. The molecule has 0 atom stereocenters. The second-order valence-electron chi connectivity index (χ2n) is 6.46. The summed E-state index contributed by atoms with van der Waals surface area (Å²) in [5.41, 5.74) is 1.08. The minimum atomic E-state index is -3.73. The molecular formula is C21H19N3O5S2. The highest BCUT2D eigenvalue weighted by atomic mass is 32.2. The van der Waals surface area contributed by atoms with Crippen molar-refractivity contribution in [2.24, 2.45) is 0 Å². The molecule has 0 aliphatic carbocycles. The number of carbonyl (C=O) groups is 1. The Morgan fingerprint density at radius 2 is 1.97 bits per heavy atom. The van der Waals surface area contributed by atoms with Crippen LogP contribution in [0.15, 0.2) is 70.2 Å². The Morgan fingerprint density at radius 3 is 2.68 bits per heavy atom. The molecule has 0 saturated carbocycles. The zero-order valence-corrected chi connectivity index (χ0v) is 18.1. The standard InChI is InChI=1S/C21H19N3O5S2/c1-2-28-15-7-10-18-19(12-15)30-21(23-18)24-20(25)14-5-8-17(9-6-14)31(26,27)22-13-16-4-3-11-29-16/h3-12,22H,2,13H2,1H3,(H,23,24,25). The number of benzene rings is 2. The monoisotopic (exact) mass is 457 g/mol. The maximum atomic E-state index is 12.6. The van der Waals surface area contributed by atoms with Crippen LogP contribution in [0.25, 0.3) is 10.2 Å². The average Bonchev–Trinajstić information content (AvgIpc) is 3.42. The van der Waals surface area contributed by atoms with Crippen LogP contribution in [-0.4, -0.2) is 25.9 Å². The number of aromatic nitrogens is 1. The normalized spacial score (nSPS) is 11.5. The van der Waals surface area contributed by atoms with Gasteiger partial charge in [0.15, 0.2) is 5.13 Å². The molecule has 1 amide bonds. The van der Waals surface area contributed by atoms with Crippen LogP contribution in [-0.2, 0) is 16.6 Å². The number of fused-ring (bicyclic) bond motifs is 1. The largest absolute Gasteiger partial charge is 0.494 e. The fourth-order valence-corrected chi connectivity index (χ4v) is 4.71. The first-order valence-corrected chi connectivity index (χ1v) is 11.7. The summed E-state index contributed by atoms with van der Waals surface area (Å²) in [6.07, 6.45) is 1.47. The lowest BCUT2D eigenvalue weighted by Gasteiger charge is -2.07. The van der Waals surface area contributed by atoms with Crippen molar-refractivity contribution in [1.82, 2.24) is 9.71 Å². The number of rotatable bonds is 8. The maximum absolute atomic E-state index is 12.6. The second-order valence-corrected chi connectivity index (χ2v) is 9.26. The number of ether oxygens (including phenoxy) is 1. The lowest BCUT2D eigenvalue weighted by atomic mass is 10.2. The zero-order valence-electron chi connectivity index (χ0n) is 16.5. The van der Waals surface area contributed by atoms with Gasteiger partial charge in [0.2, 0.25) is 10.0 Å². The summed E-state index contributed by atoms with van der Waals surface area (Å²) in [5, 5.41) is 3.20. The number of thiazole rings is 1. The minimum absolute atomic E-state index is 0.0419. The summed E-state index contributed by atoms with van der Waals surface area (Å²) < 4.78 is 38.8. The van der Waals surface area contributed by atoms with Gasteiger partial charge in [-0.1, -0.05) is 11.3 Å². The number of furan rings is 1. The fraction of sp³-hybridized carbons (Fsp3) is 0.143. The van der Waals surface area contributed by atoms with E-state index in [0.29, 0.717) is 23.1 Å². The van der Waals surface area contributed by atoms with Gasteiger partial charge in [-0.25, -0.2) is 18.1 Å². The van der Waals surface area contributed by atoms with E-state index >= 15 is 0 Å². The molecule has 4 aromatic rings. The first-order chi connectivity index (χ1) is 14.9. The quantitative estimate of drug-likeness (QED) is 0.413. The van der Waals surface area contributed by atoms with Crippen molar-refractivity contribution in [3.63, 3.8) is 0 Å². The van der Waals surface area contributed by atoms with Gasteiger partial charge in [-0.15, -0.1) is 0 Å². The van der Waals surface area contributed by atoms with Crippen LogP contribution < -0.4 is 14.8 Å². The van der Waals surface area contributed by atoms with Gasteiger partial charge in [0.25, 0.3) is 5.91 Å². The van der Waals surface area contributed by atoms with Crippen molar-refractivity contribution >= 4 is 42.6 Å². The molecule has 10 heteroatoms. The summed E-state index contributed by atoms with van der Waals surface area (Å²) in [4.78, 5) is 17.0. The molecule has 0 aliphatic rings. The second kappa shape index (κ2) is 8.88. The number of nitrogens with one attached hydrogen (secondary N) is 2. The Balaban J connectivity index is 1.43. The molecule has 31 heavy (non-hydrogen) atoms. The lowest BCUT2D eigenvalue weighted by molar-refractivity contribution is 0.102. The molecular weight excluding hydrogens is 438 g/mol. The van der Waals surface area contributed by atoms with E-state index < -0.39 is 10.0 Å². The number of nitrogens with zero attached hydrogens (tertiary/aromatic N) is 1. The number of hydrogen-bond donors (Lipinski definition) is 2. The molecule has 2 heterocycles. The van der Waals surface area contributed by atoms with Crippen LogP contribution in [0, 0.1) is 0 Å². The summed E-state index contributed by atoms with van der Waals surface area (Å²) in [6.45, 7) is 2.52. The third-order valence-corrected chi connectivity index (χ3v) is 6.69. The van der Waals surface area contributed by atoms with E-state index in [2.05, 4.69) is 15.0 Å². The molecule has 160 valence electrons. The van der Waals surface area contributed by atoms with E-state index in [1.165, 1.54) is 41.9 Å². The van der Waals surface area contributed by atoms with E-state index in [0.717, 1.165) is 16.0 Å². The number of hydrogen-bond acceptors (Lipinski definition) is 7. The molecule has 2 aromatic carbocycles. The van der Waals surface area contributed by atoms with Gasteiger partial charge < -0.3 is 9.15 Å². The topological polar surface area (TPSA) is 111 Å². The predicted octanol–water partition coefficient (Wildman–Crippen LogP) is 4.02. The predicted molar refractivity (Wildman–Crippen MR) is 118 cm³/mol. The number of carbonyl (C=O) groups excluding carboxylic acids is 1. The summed E-state index contributed by atoms with van der Waals surface area (Å²) in [6, 6.07) is 14.6. The zero-order chi connectivity index (χ0) is 21.8. The molecule has 4 rings (SSSR count). The third-order valence-electron chi connectivity index (χ3n) is 4.33. The van der Waals surface area contributed by atoms with Crippen LogP contribution in [0.2, 0.25) is 0 Å². The summed E-state index contributed by atoms with van der Waals surface area (Å²) in [5.74, 6) is 0.870. The van der Waals surface area contributed by atoms with Crippen molar-refractivity contribution < 1.29 is 22.4 Å². The molecule has 0 fully saturated rings. The van der Waals surface area contributed by atoms with Crippen molar-refractivity contribution in [3.8, 4) is 5.75 Å². The minimum Gasteiger partial charge on any atom is -0.494 e. The third kappa shape index (κ3) is 4.93. The van der Waals surface area contributed by atoms with Crippen LogP contribution in [0.3, 0.4) is 0 Å². The number of sulfonamides is 1. The van der Waals surface area contributed by atoms with Gasteiger partial charge in [-0.05, 0) is 61.5 Å². The Labute approximate surface area is 182 Å². The Bertz CT molecular complexity index is 1300. The number of amides is 1. The number of anilines is 1. The molecule has 8 nitrogen and oxygen atoms in total. The lowest BCUT2D eigenvalue weighted by Crippen LogP contribution is -2.23. The molecule has 0 saturated heterocycles. The molecule has 0 spiro atoms. The van der Waals surface area contributed by atoms with Crippen LogP contribution in [0.4, 0.5) is 5.13 Å². The fourth-order valence-electron chi connectivity index (χ4n) is 2.83. The van der Waals surface area contributed by atoms with E-state index in [-0.39, 0.29) is 17.3 Å². The van der Waals surface area contributed by atoms with E-state index in [9.17, 15) is 13.2 Å². The first kappa shape index (κ1) is 21.0. The molecule has 0 radical (unpaired) electrons. The van der Waals surface area contributed by atoms with Gasteiger partial charge in [0.1, 0.15) is 11.5 Å². The highest BCUT2D eigenvalue weighted by Crippen LogP contribution is 2.29. The van der Waals surface area contributed by atoms with E-state index in [1.807, 2.05) is 25.1 Å². The van der Waals surface area contributed by atoms with Crippen LogP contribution >= 0.6 is 11.3 Å². The molecule has 0 bridgehead atoms. The van der Waals surface area contributed by atoms with Crippen molar-refractivity contribution in [2.75, 3.05) is 11.9 Å². The van der Waals surface area contributed by atoms with Gasteiger partial charge in [-0.3, -0.25) is 10.1 Å². The average molecular weight is 458 g/mol. The highest BCUT2D eigenvalue weighted by molar-refractivity contribution is 7.89. The Morgan fingerprint density at radius 1 is 1.16 bits per heavy atom. The maximum Gasteiger partial charge on any atom is 0.257 e. The van der Waals surface area contributed by atoms with E-state index in [4.69, 9.17) is 9.15 Å².